The van der Waals surface area contributed by atoms with E-state index in [-0.39, 0.29) is 11.7 Å². The van der Waals surface area contributed by atoms with E-state index in [1.807, 2.05) is 61.5 Å². The van der Waals surface area contributed by atoms with Crippen LogP contribution in [0.3, 0.4) is 0 Å². The summed E-state index contributed by atoms with van der Waals surface area (Å²) in [6.07, 6.45) is 0.537. The van der Waals surface area contributed by atoms with E-state index in [0.717, 1.165) is 44.7 Å². The van der Waals surface area contributed by atoms with Gasteiger partial charge in [0, 0.05) is 17.1 Å². The molecule has 3 aromatic rings. The van der Waals surface area contributed by atoms with Gasteiger partial charge in [-0.3, -0.25) is 9.79 Å². The molecule has 1 amide bonds. The molecule has 0 saturated carbocycles. The summed E-state index contributed by atoms with van der Waals surface area (Å²) in [5, 5.41) is 4.36. The van der Waals surface area contributed by atoms with Gasteiger partial charge in [0.2, 0.25) is 5.91 Å². The smallest absolute Gasteiger partial charge is 0.234 e. The van der Waals surface area contributed by atoms with Gasteiger partial charge in [0.15, 0.2) is 0 Å². The van der Waals surface area contributed by atoms with Gasteiger partial charge in [-0.15, -0.1) is 11.8 Å². The average Bonchev–Trinajstić information content (AvgIpc) is 2.99. The summed E-state index contributed by atoms with van der Waals surface area (Å²) in [6, 6.07) is 21.0. The lowest BCUT2D eigenvalue weighted by Gasteiger charge is -2.10. The van der Waals surface area contributed by atoms with Gasteiger partial charge in [0.05, 0.1) is 35.0 Å². The third-order valence-corrected chi connectivity index (χ3v) is 6.18. The van der Waals surface area contributed by atoms with Crippen molar-refractivity contribution >= 4 is 57.1 Å². The van der Waals surface area contributed by atoms with Crippen molar-refractivity contribution in [2.45, 2.75) is 13.3 Å². The molecule has 32 heavy (non-hydrogen) atoms. The fraction of sp³-hybridized carbons (Fsp3) is 0.160. The summed E-state index contributed by atoms with van der Waals surface area (Å²) < 4.78 is 5.27. The van der Waals surface area contributed by atoms with E-state index in [9.17, 15) is 4.79 Å². The highest BCUT2D eigenvalue weighted by Crippen LogP contribution is 2.33. The SMILES string of the molecule is COc1ccc(C2=Nc3ccccc3N=C(SCC(=O)Nc3cc(Cl)ccc3C)C2)cc1. The first-order valence-corrected chi connectivity index (χ1v) is 11.5. The van der Waals surface area contributed by atoms with Crippen molar-refractivity contribution in [2.75, 3.05) is 18.2 Å². The maximum atomic E-state index is 12.6. The van der Waals surface area contributed by atoms with Crippen LogP contribution in [0.15, 0.2) is 76.7 Å². The summed E-state index contributed by atoms with van der Waals surface area (Å²) in [5.74, 6) is 0.922. The average molecular weight is 464 g/mol. The number of hydrogen-bond acceptors (Lipinski definition) is 5. The van der Waals surface area contributed by atoms with E-state index in [1.54, 1.807) is 19.2 Å². The number of methoxy groups -OCH3 is 1. The second-order valence-electron chi connectivity index (χ2n) is 7.25. The fourth-order valence-electron chi connectivity index (χ4n) is 3.25. The van der Waals surface area contributed by atoms with Crippen LogP contribution in [-0.4, -0.2) is 29.5 Å². The van der Waals surface area contributed by atoms with Gasteiger partial charge in [-0.2, -0.15) is 0 Å². The minimum Gasteiger partial charge on any atom is -0.497 e. The Morgan fingerprint density at radius 2 is 1.78 bits per heavy atom. The molecule has 7 heteroatoms. The van der Waals surface area contributed by atoms with E-state index < -0.39 is 0 Å². The van der Waals surface area contributed by atoms with Crippen molar-refractivity contribution in [3.63, 3.8) is 0 Å². The van der Waals surface area contributed by atoms with Crippen molar-refractivity contribution in [3.8, 4) is 5.75 Å². The predicted octanol–water partition coefficient (Wildman–Crippen LogP) is 6.58. The van der Waals surface area contributed by atoms with Crippen LogP contribution in [0.1, 0.15) is 17.5 Å². The van der Waals surface area contributed by atoms with E-state index in [0.29, 0.717) is 11.4 Å². The number of para-hydroxylation sites is 2. The van der Waals surface area contributed by atoms with Gasteiger partial charge >= 0.3 is 0 Å². The Hall–Kier alpha value is -3.09. The van der Waals surface area contributed by atoms with Crippen LogP contribution in [0.5, 0.6) is 5.75 Å². The number of aryl methyl sites for hydroxylation is 1. The molecule has 1 aliphatic heterocycles. The summed E-state index contributed by atoms with van der Waals surface area (Å²) in [5.41, 5.74) is 5.18. The number of carbonyl (C=O) groups excluding carboxylic acids is 1. The van der Waals surface area contributed by atoms with Crippen molar-refractivity contribution in [1.29, 1.82) is 0 Å². The number of halogens is 1. The number of carbonyl (C=O) groups is 1. The van der Waals surface area contributed by atoms with E-state index in [2.05, 4.69) is 5.32 Å². The first-order chi connectivity index (χ1) is 15.5. The number of thioether (sulfide) groups is 1. The Labute approximate surface area is 196 Å². The number of hydrogen-bond donors (Lipinski definition) is 1. The standard InChI is InChI=1S/C25H22ClN3O2S/c1-16-7-10-18(26)13-22(16)28-24(30)15-32-25-14-23(17-8-11-19(31-2)12-9-17)27-20-5-3-4-6-21(20)29-25/h3-13H,14-15H2,1-2H3,(H,28,30). The first kappa shape index (κ1) is 22.1. The second kappa shape index (κ2) is 10.0. The number of fused-ring (bicyclic) bond motifs is 1. The Bertz CT molecular complexity index is 1210. The summed E-state index contributed by atoms with van der Waals surface area (Å²) in [4.78, 5) is 22.3. The van der Waals surface area contributed by atoms with Crippen LogP contribution in [0.25, 0.3) is 0 Å². The highest BCUT2D eigenvalue weighted by Gasteiger charge is 2.17. The van der Waals surface area contributed by atoms with Gasteiger partial charge in [-0.05, 0) is 66.6 Å². The molecule has 0 radical (unpaired) electrons. The Kier molecular flexibility index (Phi) is 6.93. The zero-order chi connectivity index (χ0) is 22.5. The van der Waals surface area contributed by atoms with Crippen LogP contribution < -0.4 is 10.1 Å². The third-order valence-electron chi connectivity index (χ3n) is 4.97. The molecule has 4 rings (SSSR count). The fourth-order valence-corrected chi connectivity index (χ4v) is 4.20. The molecule has 0 spiro atoms. The number of anilines is 1. The molecule has 0 atom stereocenters. The van der Waals surface area contributed by atoms with Gasteiger partial charge in [0.1, 0.15) is 5.75 Å². The molecule has 162 valence electrons. The lowest BCUT2D eigenvalue weighted by atomic mass is 10.1. The molecular formula is C25H22ClN3O2S. The van der Waals surface area contributed by atoms with Crippen molar-refractivity contribution in [2.24, 2.45) is 9.98 Å². The van der Waals surface area contributed by atoms with Crippen LogP contribution in [0.2, 0.25) is 5.02 Å². The van der Waals surface area contributed by atoms with Gasteiger partial charge in [-0.25, -0.2) is 4.99 Å². The predicted molar refractivity (Wildman–Crippen MR) is 135 cm³/mol. The van der Waals surface area contributed by atoms with E-state index in [1.165, 1.54) is 11.8 Å². The lowest BCUT2D eigenvalue weighted by Crippen LogP contribution is -2.17. The van der Waals surface area contributed by atoms with Gasteiger partial charge in [-0.1, -0.05) is 29.8 Å². The molecule has 0 aliphatic carbocycles. The van der Waals surface area contributed by atoms with E-state index >= 15 is 0 Å². The zero-order valence-corrected chi connectivity index (χ0v) is 19.3. The molecule has 3 aromatic carbocycles. The molecular weight excluding hydrogens is 442 g/mol. The number of ether oxygens (including phenoxy) is 1. The van der Waals surface area contributed by atoms with Crippen molar-refractivity contribution in [1.82, 2.24) is 0 Å². The van der Waals surface area contributed by atoms with Gasteiger partial charge in [0.25, 0.3) is 0 Å². The monoisotopic (exact) mass is 463 g/mol. The second-order valence-corrected chi connectivity index (χ2v) is 8.74. The highest BCUT2D eigenvalue weighted by molar-refractivity contribution is 8.14. The lowest BCUT2D eigenvalue weighted by molar-refractivity contribution is -0.113. The Morgan fingerprint density at radius 3 is 2.50 bits per heavy atom. The summed E-state index contributed by atoms with van der Waals surface area (Å²) in [7, 11) is 1.64. The summed E-state index contributed by atoms with van der Waals surface area (Å²) in [6.45, 7) is 1.93. The van der Waals surface area contributed by atoms with Crippen molar-refractivity contribution in [3.05, 3.63) is 82.9 Å². The summed E-state index contributed by atoms with van der Waals surface area (Å²) >= 11 is 7.48. The maximum absolute atomic E-state index is 12.6. The maximum Gasteiger partial charge on any atom is 0.234 e. The largest absolute Gasteiger partial charge is 0.497 e. The first-order valence-electron chi connectivity index (χ1n) is 10.1. The molecule has 1 heterocycles. The van der Waals surface area contributed by atoms with Gasteiger partial charge < -0.3 is 10.1 Å². The van der Waals surface area contributed by atoms with E-state index in [4.69, 9.17) is 26.3 Å². The molecule has 5 nitrogen and oxygen atoms in total. The molecule has 0 fully saturated rings. The third kappa shape index (κ3) is 5.39. The molecule has 0 unspecified atom stereocenters. The minimum atomic E-state index is -0.108. The molecule has 1 aliphatic rings. The molecule has 0 saturated heterocycles. The van der Waals surface area contributed by atoms with Crippen molar-refractivity contribution < 1.29 is 9.53 Å². The highest BCUT2D eigenvalue weighted by atomic mass is 35.5. The Balaban J connectivity index is 1.53. The molecule has 1 N–H and O–H groups in total. The Morgan fingerprint density at radius 1 is 1.06 bits per heavy atom. The quantitative estimate of drug-likeness (QED) is 0.464. The topological polar surface area (TPSA) is 63.1 Å². The number of aliphatic imine (C=N–C) groups is 2. The van der Waals surface area contributed by atoms with Crippen LogP contribution in [-0.2, 0) is 4.79 Å². The number of benzene rings is 3. The molecule has 0 bridgehead atoms. The number of amides is 1. The zero-order valence-electron chi connectivity index (χ0n) is 17.8. The number of rotatable bonds is 5. The molecule has 0 aromatic heterocycles. The minimum absolute atomic E-state index is 0.108. The van der Waals surface area contributed by atoms with Crippen LogP contribution in [0.4, 0.5) is 17.1 Å². The number of nitrogens with one attached hydrogen (secondary N) is 1. The normalized spacial score (nSPS) is 12.8. The van der Waals surface area contributed by atoms with Crippen LogP contribution in [0, 0.1) is 6.92 Å². The van der Waals surface area contributed by atoms with Crippen LogP contribution >= 0.6 is 23.4 Å². The number of nitrogens with zero attached hydrogens (tertiary/aromatic N) is 2.